The van der Waals surface area contributed by atoms with Crippen LogP contribution in [0.4, 0.5) is 19.3 Å². The number of ether oxygens (including phenoxy) is 1. The van der Waals surface area contributed by atoms with E-state index < -0.39 is 41.2 Å². The Morgan fingerprint density at radius 2 is 1.51 bits per heavy atom. The Morgan fingerprint density at radius 3 is 2.06 bits per heavy atom. The third kappa shape index (κ3) is 5.13. The molecule has 35 heavy (non-hydrogen) atoms. The van der Waals surface area contributed by atoms with Gasteiger partial charge in [0.05, 0.1) is 0 Å². The quantitative estimate of drug-likeness (QED) is 0.445. The van der Waals surface area contributed by atoms with E-state index in [0.717, 1.165) is 22.3 Å². The zero-order valence-corrected chi connectivity index (χ0v) is 18.7. The van der Waals surface area contributed by atoms with Crippen LogP contribution in [0.5, 0.6) is 0 Å². The molecule has 1 atom stereocenters. The zero-order valence-electron chi connectivity index (χ0n) is 18.7. The number of alkyl carbamates (subject to hydrolysis) is 1. The van der Waals surface area contributed by atoms with E-state index in [-0.39, 0.29) is 24.6 Å². The molecule has 0 saturated heterocycles. The van der Waals surface area contributed by atoms with Crippen LogP contribution in [0.15, 0.2) is 60.7 Å². The minimum absolute atomic E-state index is 0.106. The lowest BCUT2D eigenvalue weighted by Gasteiger charge is -2.17. The van der Waals surface area contributed by atoms with Crippen molar-refractivity contribution in [1.29, 1.82) is 0 Å². The molecule has 0 bridgehead atoms. The van der Waals surface area contributed by atoms with E-state index in [1.165, 1.54) is 0 Å². The number of carbonyl (C=O) groups excluding carboxylic acids is 2. The van der Waals surface area contributed by atoms with Crippen LogP contribution in [0.2, 0.25) is 0 Å². The normalized spacial score (nSPS) is 12.9. The third-order valence-corrected chi connectivity index (χ3v) is 5.74. The molecule has 1 aliphatic carbocycles. The summed E-state index contributed by atoms with van der Waals surface area (Å²) in [5, 5.41) is 13.7. The highest BCUT2D eigenvalue weighted by Crippen LogP contribution is 2.44. The molecule has 2 amide bonds. The van der Waals surface area contributed by atoms with E-state index in [1.54, 1.807) is 6.92 Å². The summed E-state index contributed by atoms with van der Waals surface area (Å²) in [6, 6.07) is 16.6. The number of hydrogen-bond acceptors (Lipinski definition) is 4. The Morgan fingerprint density at radius 1 is 0.971 bits per heavy atom. The standard InChI is InChI=1S/C26H22F2N2O5/c1-14(10-23(31)30-15-11-21(27)24(25(32)33)22(28)12-15)29-26(34)35-13-20-18-8-4-2-6-16(18)17-7-3-5-9-19(17)20/h2-9,11-12,14,20H,10,13H2,1H3,(H,29,34)(H,30,31)(H,32,33)/t14-/m0/s1. The minimum Gasteiger partial charge on any atom is -0.477 e. The molecule has 0 aromatic heterocycles. The lowest BCUT2D eigenvalue weighted by atomic mass is 9.98. The topological polar surface area (TPSA) is 105 Å². The van der Waals surface area contributed by atoms with Gasteiger partial charge in [0.2, 0.25) is 5.91 Å². The molecular formula is C26H22F2N2O5. The van der Waals surface area contributed by atoms with Crippen molar-refractivity contribution < 1.29 is 33.0 Å². The number of carbonyl (C=O) groups is 3. The van der Waals surface area contributed by atoms with Crippen molar-refractivity contribution in [3.63, 3.8) is 0 Å². The molecule has 0 radical (unpaired) electrons. The molecule has 7 nitrogen and oxygen atoms in total. The summed E-state index contributed by atoms with van der Waals surface area (Å²) >= 11 is 0. The van der Waals surface area contributed by atoms with Crippen molar-refractivity contribution in [3.8, 4) is 11.1 Å². The Kier molecular flexibility index (Phi) is 6.77. The number of carboxylic acid groups (broad SMARTS) is 1. The molecule has 0 heterocycles. The number of anilines is 1. The van der Waals surface area contributed by atoms with Crippen molar-refractivity contribution in [3.05, 3.63) is 89.0 Å². The van der Waals surface area contributed by atoms with E-state index >= 15 is 0 Å². The van der Waals surface area contributed by atoms with Gasteiger partial charge in [-0.3, -0.25) is 4.79 Å². The Balaban J connectivity index is 1.31. The summed E-state index contributed by atoms with van der Waals surface area (Å²) in [6.45, 7) is 1.70. The van der Waals surface area contributed by atoms with Crippen molar-refractivity contribution in [1.82, 2.24) is 5.32 Å². The molecule has 3 aromatic rings. The number of rotatable bonds is 7. The summed E-state index contributed by atoms with van der Waals surface area (Å²) in [5.74, 6) is -5.10. The maximum absolute atomic E-state index is 13.8. The van der Waals surface area contributed by atoms with Crippen LogP contribution in [-0.2, 0) is 9.53 Å². The molecule has 9 heteroatoms. The van der Waals surface area contributed by atoms with Gasteiger partial charge in [0.15, 0.2) is 0 Å². The van der Waals surface area contributed by atoms with Gasteiger partial charge in [0.1, 0.15) is 23.8 Å². The molecule has 1 aliphatic rings. The Labute approximate surface area is 199 Å². The maximum atomic E-state index is 13.8. The van der Waals surface area contributed by atoms with Gasteiger partial charge < -0.3 is 20.5 Å². The van der Waals surface area contributed by atoms with E-state index in [9.17, 15) is 23.2 Å². The fraction of sp³-hybridized carbons (Fsp3) is 0.192. The first-order valence-corrected chi connectivity index (χ1v) is 10.9. The zero-order chi connectivity index (χ0) is 25.1. The number of benzene rings is 3. The summed E-state index contributed by atoms with van der Waals surface area (Å²) < 4.78 is 33.0. The Bertz CT molecular complexity index is 1240. The number of aromatic carboxylic acids is 1. The molecule has 0 aliphatic heterocycles. The first-order chi connectivity index (χ1) is 16.7. The van der Waals surface area contributed by atoms with E-state index in [2.05, 4.69) is 10.6 Å². The van der Waals surface area contributed by atoms with E-state index in [0.29, 0.717) is 12.1 Å². The summed E-state index contributed by atoms with van der Waals surface area (Å²) in [5.41, 5.74) is 3.01. The van der Waals surface area contributed by atoms with Gasteiger partial charge in [0.25, 0.3) is 0 Å². The minimum atomic E-state index is -1.75. The van der Waals surface area contributed by atoms with Crippen LogP contribution in [-0.4, -0.2) is 35.7 Å². The fourth-order valence-corrected chi connectivity index (χ4v) is 4.23. The summed E-state index contributed by atoms with van der Waals surface area (Å²) in [6.07, 6.45) is -0.899. The van der Waals surface area contributed by atoms with Crippen LogP contribution < -0.4 is 10.6 Å². The number of fused-ring (bicyclic) bond motifs is 3. The molecule has 0 unspecified atom stereocenters. The third-order valence-electron chi connectivity index (χ3n) is 5.74. The fourth-order valence-electron chi connectivity index (χ4n) is 4.23. The Hall–Kier alpha value is -4.27. The molecule has 3 N–H and O–H groups in total. The van der Waals surface area contributed by atoms with Gasteiger partial charge in [-0.25, -0.2) is 18.4 Å². The van der Waals surface area contributed by atoms with Gasteiger partial charge in [-0.15, -0.1) is 0 Å². The van der Waals surface area contributed by atoms with Gasteiger partial charge in [0, 0.05) is 24.1 Å². The second-order valence-electron chi connectivity index (χ2n) is 8.24. The average molecular weight is 480 g/mol. The van der Waals surface area contributed by atoms with Crippen LogP contribution in [0.25, 0.3) is 11.1 Å². The van der Waals surface area contributed by atoms with Crippen molar-refractivity contribution in [2.45, 2.75) is 25.3 Å². The highest BCUT2D eigenvalue weighted by Gasteiger charge is 2.29. The highest BCUT2D eigenvalue weighted by atomic mass is 19.1. The maximum Gasteiger partial charge on any atom is 0.407 e. The first-order valence-electron chi connectivity index (χ1n) is 10.9. The number of halogens is 2. The molecule has 0 fully saturated rings. The highest BCUT2D eigenvalue weighted by molar-refractivity contribution is 5.93. The number of hydrogen-bond donors (Lipinski definition) is 3. The predicted molar refractivity (Wildman–Crippen MR) is 124 cm³/mol. The largest absolute Gasteiger partial charge is 0.477 e. The SMILES string of the molecule is C[C@@H](CC(=O)Nc1cc(F)c(C(=O)O)c(F)c1)NC(=O)OCC1c2ccccc2-c2ccccc21. The molecule has 4 rings (SSSR count). The summed E-state index contributed by atoms with van der Waals surface area (Å²) in [7, 11) is 0. The average Bonchev–Trinajstić information content (AvgIpc) is 3.10. The molecular weight excluding hydrogens is 458 g/mol. The molecule has 3 aromatic carbocycles. The van der Waals surface area contributed by atoms with E-state index in [1.807, 2.05) is 48.5 Å². The number of amides is 2. The smallest absolute Gasteiger partial charge is 0.407 e. The van der Waals surface area contributed by atoms with Crippen LogP contribution in [0.1, 0.15) is 40.7 Å². The lowest BCUT2D eigenvalue weighted by Crippen LogP contribution is -2.36. The van der Waals surface area contributed by atoms with Crippen LogP contribution >= 0.6 is 0 Å². The number of carboxylic acids is 1. The second kappa shape index (κ2) is 9.92. The summed E-state index contributed by atoms with van der Waals surface area (Å²) in [4.78, 5) is 35.4. The van der Waals surface area contributed by atoms with Gasteiger partial charge in [-0.05, 0) is 41.3 Å². The number of nitrogens with one attached hydrogen (secondary N) is 2. The van der Waals surface area contributed by atoms with Crippen LogP contribution in [0.3, 0.4) is 0 Å². The molecule has 180 valence electrons. The van der Waals surface area contributed by atoms with Gasteiger partial charge in [-0.1, -0.05) is 48.5 Å². The van der Waals surface area contributed by atoms with Gasteiger partial charge in [-0.2, -0.15) is 0 Å². The van der Waals surface area contributed by atoms with Crippen molar-refractivity contribution in [2.75, 3.05) is 11.9 Å². The van der Waals surface area contributed by atoms with Crippen molar-refractivity contribution in [2.24, 2.45) is 0 Å². The van der Waals surface area contributed by atoms with Crippen molar-refractivity contribution >= 4 is 23.7 Å². The molecule has 0 spiro atoms. The lowest BCUT2D eigenvalue weighted by molar-refractivity contribution is -0.116. The monoisotopic (exact) mass is 480 g/mol. The van der Waals surface area contributed by atoms with E-state index in [4.69, 9.17) is 9.84 Å². The first kappa shape index (κ1) is 23.9. The predicted octanol–water partition coefficient (Wildman–Crippen LogP) is 4.92. The van der Waals surface area contributed by atoms with Crippen LogP contribution in [0, 0.1) is 11.6 Å². The second-order valence-corrected chi connectivity index (χ2v) is 8.24. The molecule has 0 saturated carbocycles. The van der Waals surface area contributed by atoms with Gasteiger partial charge >= 0.3 is 12.1 Å².